The van der Waals surface area contributed by atoms with Crippen molar-refractivity contribution >= 4 is 55.1 Å². The molecule has 0 saturated carbocycles. The van der Waals surface area contributed by atoms with Gasteiger partial charge in [0.05, 0.1) is 10.6 Å². The van der Waals surface area contributed by atoms with Crippen molar-refractivity contribution in [3.05, 3.63) is 92.9 Å². The van der Waals surface area contributed by atoms with E-state index >= 15 is 0 Å². The number of nitrogens with one attached hydrogen (secondary N) is 1. The molecule has 0 aliphatic carbocycles. The van der Waals surface area contributed by atoms with Gasteiger partial charge in [0, 0.05) is 22.1 Å². The van der Waals surface area contributed by atoms with Gasteiger partial charge in [0.1, 0.15) is 12.6 Å². The van der Waals surface area contributed by atoms with Crippen LogP contribution in [-0.4, -0.2) is 43.8 Å². The predicted molar refractivity (Wildman–Crippen MR) is 164 cm³/mol. The van der Waals surface area contributed by atoms with E-state index in [1.165, 1.54) is 29.2 Å². The van der Waals surface area contributed by atoms with Gasteiger partial charge in [-0.05, 0) is 99.3 Å². The third-order valence-corrected chi connectivity index (χ3v) is 9.40. The Labute approximate surface area is 250 Å². The smallest absolute Gasteiger partial charge is 0.264 e. The molecule has 2 atom stereocenters. The fourth-order valence-corrected chi connectivity index (χ4v) is 6.00. The maximum absolute atomic E-state index is 14.0. The first-order valence-corrected chi connectivity index (χ1v) is 15.6. The molecular weight excluding hydrogens is 614 g/mol. The molecule has 3 rings (SSSR count). The maximum Gasteiger partial charge on any atom is 0.264 e. The minimum atomic E-state index is -4.16. The zero-order valence-corrected chi connectivity index (χ0v) is 26.5. The second-order valence-corrected chi connectivity index (χ2v) is 13.1. The molecule has 0 fully saturated rings. The number of aryl methyl sites for hydroxylation is 2. The molecular formula is C30H35BrClN3O4S. The van der Waals surface area contributed by atoms with E-state index in [4.69, 9.17) is 11.6 Å². The Hall–Kier alpha value is -2.88. The quantitative estimate of drug-likeness (QED) is 0.267. The second kappa shape index (κ2) is 13.7. The molecule has 0 saturated heterocycles. The molecule has 0 heterocycles. The van der Waals surface area contributed by atoms with Crippen LogP contribution in [0.25, 0.3) is 0 Å². The van der Waals surface area contributed by atoms with Crippen molar-refractivity contribution in [2.45, 2.75) is 64.6 Å². The summed E-state index contributed by atoms with van der Waals surface area (Å²) in [5, 5.41) is 3.33. The minimum Gasteiger partial charge on any atom is -0.352 e. The Morgan fingerprint density at radius 1 is 0.975 bits per heavy atom. The summed E-state index contributed by atoms with van der Waals surface area (Å²) < 4.78 is 29.8. The van der Waals surface area contributed by atoms with Crippen LogP contribution in [0.15, 0.2) is 76.1 Å². The lowest BCUT2D eigenvalue weighted by molar-refractivity contribution is -0.139. The standard InChI is InChI=1S/C30H35BrClN3O4S/c1-6-22(4)33-30(37)23(5)34(18-24-8-7-9-25(31)17-24)29(36)19-35(27-13-10-20(2)21(3)16-27)40(38,39)28-14-11-26(32)12-15-28/h7-17,22-23H,6,18-19H2,1-5H3,(H,33,37)/t22-,23-/m0/s1. The molecule has 0 aliphatic rings. The van der Waals surface area contributed by atoms with E-state index in [-0.39, 0.29) is 23.4 Å². The van der Waals surface area contributed by atoms with Gasteiger partial charge in [0.15, 0.2) is 0 Å². The number of hydrogen-bond acceptors (Lipinski definition) is 4. The lowest BCUT2D eigenvalue weighted by atomic mass is 10.1. The number of hydrogen-bond donors (Lipinski definition) is 1. The summed E-state index contributed by atoms with van der Waals surface area (Å²) >= 11 is 9.47. The number of carbonyl (C=O) groups excluding carboxylic acids is 2. The molecule has 0 bridgehead atoms. The van der Waals surface area contributed by atoms with Gasteiger partial charge in [-0.1, -0.05) is 52.7 Å². The Bertz CT molecular complexity index is 1460. The maximum atomic E-state index is 14.0. The zero-order chi connectivity index (χ0) is 29.6. The normalized spacial score (nSPS) is 12.9. The molecule has 0 aromatic heterocycles. The largest absolute Gasteiger partial charge is 0.352 e. The number of anilines is 1. The van der Waals surface area contributed by atoms with Crippen molar-refractivity contribution in [1.82, 2.24) is 10.2 Å². The van der Waals surface area contributed by atoms with E-state index in [0.29, 0.717) is 10.7 Å². The number of sulfonamides is 1. The summed E-state index contributed by atoms with van der Waals surface area (Å²) in [6.45, 7) is 8.95. The second-order valence-electron chi connectivity index (χ2n) is 9.88. The van der Waals surface area contributed by atoms with E-state index in [1.54, 1.807) is 19.1 Å². The topological polar surface area (TPSA) is 86.8 Å². The van der Waals surface area contributed by atoms with Crippen LogP contribution in [0.4, 0.5) is 5.69 Å². The molecule has 0 aliphatic heterocycles. The fraction of sp³-hybridized carbons (Fsp3) is 0.333. The Morgan fingerprint density at radius 2 is 1.65 bits per heavy atom. The van der Waals surface area contributed by atoms with Crippen LogP contribution in [-0.2, 0) is 26.2 Å². The van der Waals surface area contributed by atoms with Crippen LogP contribution < -0.4 is 9.62 Å². The average Bonchev–Trinajstić information content (AvgIpc) is 2.91. The number of carbonyl (C=O) groups is 2. The van der Waals surface area contributed by atoms with Gasteiger partial charge in [0.25, 0.3) is 10.0 Å². The summed E-state index contributed by atoms with van der Waals surface area (Å²) in [6, 6.07) is 17.6. The monoisotopic (exact) mass is 647 g/mol. The predicted octanol–water partition coefficient (Wildman–Crippen LogP) is 6.25. The first kappa shape index (κ1) is 31.6. The Morgan fingerprint density at radius 3 is 2.25 bits per heavy atom. The van der Waals surface area contributed by atoms with Crippen LogP contribution in [0.2, 0.25) is 5.02 Å². The highest BCUT2D eigenvalue weighted by Gasteiger charge is 2.33. The van der Waals surface area contributed by atoms with E-state index in [2.05, 4.69) is 21.2 Å². The van der Waals surface area contributed by atoms with Crippen molar-refractivity contribution in [3.8, 4) is 0 Å². The van der Waals surface area contributed by atoms with Crippen LogP contribution in [0.1, 0.15) is 43.9 Å². The SMILES string of the molecule is CC[C@H](C)NC(=O)[C@H](C)N(Cc1cccc(Br)c1)C(=O)CN(c1ccc(C)c(C)c1)S(=O)(=O)c1ccc(Cl)cc1. The van der Waals surface area contributed by atoms with Crippen molar-refractivity contribution in [3.63, 3.8) is 0 Å². The number of nitrogens with zero attached hydrogens (tertiary/aromatic N) is 2. The van der Waals surface area contributed by atoms with Gasteiger partial charge in [-0.2, -0.15) is 0 Å². The Kier molecular flexibility index (Phi) is 10.8. The zero-order valence-electron chi connectivity index (χ0n) is 23.3. The van der Waals surface area contributed by atoms with E-state index in [0.717, 1.165) is 31.9 Å². The molecule has 0 unspecified atom stereocenters. The van der Waals surface area contributed by atoms with E-state index in [1.807, 2.05) is 58.0 Å². The van der Waals surface area contributed by atoms with Crippen molar-refractivity contribution in [2.24, 2.45) is 0 Å². The highest BCUT2D eigenvalue weighted by atomic mass is 79.9. The van der Waals surface area contributed by atoms with Crippen LogP contribution in [0.5, 0.6) is 0 Å². The van der Waals surface area contributed by atoms with Crippen molar-refractivity contribution in [1.29, 1.82) is 0 Å². The molecule has 10 heteroatoms. The summed E-state index contributed by atoms with van der Waals surface area (Å²) in [6.07, 6.45) is 0.734. The van der Waals surface area contributed by atoms with Gasteiger partial charge in [0.2, 0.25) is 11.8 Å². The highest BCUT2D eigenvalue weighted by molar-refractivity contribution is 9.10. The third kappa shape index (κ3) is 7.86. The summed E-state index contributed by atoms with van der Waals surface area (Å²) in [7, 11) is -4.16. The minimum absolute atomic E-state index is 0.00373. The number of halogens is 2. The molecule has 7 nitrogen and oxygen atoms in total. The molecule has 1 N–H and O–H groups in total. The van der Waals surface area contributed by atoms with E-state index < -0.39 is 28.5 Å². The van der Waals surface area contributed by atoms with Crippen molar-refractivity contribution in [2.75, 3.05) is 10.8 Å². The molecule has 3 aromatic carbocycles. The lowest BCUT2D eigenvalue weighted by Crippen LogP contribution is -2.52. The van der Waals surface area contributed by atoms with E-state index in [9.17, 15) is 18.0 Å². The molecule has 3 aromatic rings. The Balaban J connectivity index is 2.05. The number of benzene rings is 3. The fourth-order valence-electron chi connectivity index (χ4n) is 4.02. The number of rotatable bonds is 11. The van der Waals surface area contributed by atoms with Crippen LogP contribution >= 0.6 is 27.5 Å². The molecule has 0 spiro atoms. The summed E-state index contributed by atoms with van der Waals surface area (Å²) in [5.41, 5.74) is 3.02. The average molecular weight is 649 g/mol. The van der Waals surface area contributed by atoms with Gasteiger partial charge < -0.3 is 10.2 Å². The number of amides is 2. The first-order chi connectivity index (χ1) is 18.8. The van der Waals surface area contributed by atoms with Gasteiger partial charge in [-0.3, -0.25) is 13.9 Å². The van der Waals surface area contributed by atoms with Gasteiger partial charge in [-0.25, -0.2) is 8.42 Å². The van der Waals surface area contributed by atoms with Crippen molar-refractivity contribution < 1.29 is 18.0 Å². The van der Waals surface area contributed by atoms with Gasteiger partial charge in [-0.15, -0.1) is 0 Å². The van der Waals surface area contributed by atoms with Crippen LogP contribution in [0, 0.1) is 13.8 Å². The molecule has 40 heavy (non-hydrogen) atoms. The first-order valence-electron chi connectivity index (χ1n) is 13.0. The van der Waals surface area contributed by atoms with Crippen LogP contribution in [0.3, 0.4) is 0 Å². The summed E-state index contributed by atoms with van der Waals surface area (Å²) in [5.74, 6) is -0.821. The lowest BCUT2D eigenvalue weighted by Gasteiger charge is -2.32. The molecule has 0 radical (unpaired) electrons. The highest BCUT2D eigenvalue weighted by Crippen LogP contribution is 2.27. The third-order valence-electron chi connectivity index (χ3n) is 6.87. The molecule has 2 amide bonds. The molecule has 214 valence electrons. The van der Waals surface area contributed by atoms with Gasteiger partial charge >= 0.3 is 0 Å². The summed E-state index contributed by atoms with van der Waals surface area (Å²) in [4.78, 5) is 28.6.